The first kappa shape index (κ1) is 15.4. The summed E-state index contributed by atoms with van der Waals surface area (Å²) in [6, 6.07) is 10.6. The third-order valence-electron chi connectivity index (χ3n) is 3.76. The summed E-state index contributed by atoms with van der Waals surface area (Å²) in [5.41, 5.74) is 3.26. The first-order valence-electron chi connectivity index (χ1n) is 7.26. The van der Waals surface area contributed by atoms with Gasteiger partial charge in [0.25, 0.3) is 0 Å². The number of nitriles is 1. The lowest BCUT2D eigenvalue weighted by Gasteiger charge is -2.06. The van der Waals surface area contributed by atoms with Gasteiger partial charge in [-0.25, -0.2) is 4.98 Å². The van der Waals surface area contributed by atoms with Crippen molar-refractivity contribution in [1.29, 1.82) is 5.26 Å². The quantitative estimate of drug-likeness (QED) is 0.749. The molecule has 3 rings (SSSR count). The van der Waals surface area contributed by atoms with Gasteiger partial charge >= 0.3 is 0 Å². The van der Waals surface area contributed by atoms with Crippen molar-refractivity contribution < 1.29 is 9.90 Å². The van der Waals surface area contributed by atoms with Gasteiger partial charge in [0.15, 0.2) is 11.6 Å². The number of hydrogen-bond donors (Lipinski definition) is 1. The summed E-state index contributed by atoms with van der Waals surface area (Å²) in [5, 5.41) is 23.6. The van der Waals surface area contributed by atoms with Crippen LogP contribution in [0.5, 0.6) is 5.88 Å². The van der Waals surface area contributed by atoms with Crippen LogP contribution in [0.1, 0.15) is 28.4 Å². The molecule has 0 unspecified atom stereocenters. The van der Waals surface area contributed by atoms with Crippen molar-refractivity contribution in [2.75, 3.05) is 0 Å². The molecule has 0 fully saturated rings. The summed E-state index contributed by atoms with van der Waals surface area (Å²) in [5.74, 6) is 0.286. The van der Waals surface area contributed by atoms with Crippen LogP contribution >= 0.6 is 0 Å². The van der Waals surface area contributed by atoms with E-state index in [-0.39, 0.29) is 11.7 Å². The minimum absolute atomic E-state index is 0.0501. The third-order valence-corrected chi connectivity index (χ3v) is 3.76. The van der Waals surface area contributed by atoms with Crippen LogP contribution < -0.4 is 0 Å². The molecular formula is C18H14N4O2. The molecule has 3 aromatic rings. The van der Waals surface area contributed by atoms with Gasteiger partial charge in [0.05, 0.1) is 23.4 Å². The van der Waals surface area contributed by atoms with Crippen molar-refractivity contribution in [1.82, 2.24) is 14.8 Å². The number of hydrogen-bond acceptors (Lipinski definition) is 5. The van der Waals surface area contributed by atoms with Crippen LogP contribution in [0.3, 0.4) is 0 Å². The SMILES string of the molecule is CC(=O)c1ccc(-n2ncc(-c3ccc(C#N)cc3C)c2O)nc1. The molecule has 0 aliphatic rings. The number of aromatic nitrogens is 3. The number of benzene rings is 1. The van der Waals surface area contributed by atoms with Crippen LogP contribution in [0, 0.1) is 18.3 Å². The Kier molecular flexibility index (Phi) is 3.84. The number of rotatable bonds is 3. The zero-order valence-corrected chi connectivity index (χ0v) is 13.2. The monoisotopic (exact) mass is 318 g/mol. The minimum Gasteiger partial charge on any atom is -0.493 e. The van der Waals surface area contributed by atoms with Crippen LogP contribution in [0.4, 0.5) is 0 Å². The predicted octanol–water partition coefficient (Wildman–Crippen LogP) is 3.02. The van der Waals surface area contributed by atoms with Crippen LogP contribution in [0.2, 0.25) is 0 Å². The van der Waals surface area contributed by atoms with Gasteiger partial charge in [-0.15, -0.1) is 0 Å². The molecule has 2 aromatic heterocycles. The molecule has 0 spiro atoms. The molecule has 0 aliphatic heterocycles. The molecule has 1 N–H and O–H groups in total. The number of pyridine rings is 1. The van der Waals surface area contributed by atoms with Crippen LogP contribution in [-0.2, 0) is 0 Å². The Morgan fingerprint density at radius 2 is 2.00 bits per heavy atom. The highest BCUT2D eigenvalue weighted by Crippen LogP contribution is 2.32. The van der Waals surface area contributed by atoms with E-state index in [9.17, 15) is 9.90 Å². The van der Waals surface area contributed by atoms with Gasteiger partial charge in [0.1, 0.15) is 0 Å². The lowest BCUT2D eigenvalue weighted by Crippen LogP contribution is -2.01. The van der Waals surface area contributed by atoms with Crippen molar-refractivity contribution in [2.45, 2.75) is 13.8 Å². The van der Waals surface area contributed by atoms with Gasteiger partial charge < -0.3 is 5.11 Å². The fraction of sp³-hybridized carbons (Fsp3) is 0.111. The Labute approximate surface area is 138 Å². The smallest absolute Gasteiger partial charge is 0.223 e. The maximum atomic E-state index is 11.3. The van der Waals surface area contributed by atoms with Crippen molar-refractivity contribution in [2.24, 2.45) is 0 Å². The lowest BCUT2D eigenvalue weighted by atomic mass is 10.0. The Hall–Kier alpha value is -3.46. The molecule has 0 radical (unpaired) electrons. The molecular weight excluding hydrogens is 304 g/mol. The van der Waals surface area contributed by atoms with Gasteiger partial charge in [-0.1, -0.05) is 6.07 Å². The largest absolute Gasteiger partial charge is 0.493 e. The Morgan fingerprint density at radius 3 is 2.58 bits per heavy atom. The number of ketones is 1. The van der Waals surface area contributed by atoms with Crippen molar-refractivity contribution in [3.05, 3.63) is 59.4 Å². The second-order valence-electron chi connectivity index (χ2n) is 5.40. The van der Waals surface area contributed by atoms with Crippen LogP contribution in [0.25, 0.3) is 16.9 Å². The molecule has 0 atom stereocenters. The third kappa shape index (κ3) is 2.63. The maximum Gasteiger partial charge on any atom is 0.223 e. The fourth-order valence-electron chi connectivity index (χ4n) is 2.45. The number of nitrogens with zero attached hydrogens (tertiary/aromatic N) is 4. The van der Waals surface area contributed by atoms with Crippen molar-refractivity contribution in [3.8, 4) is 28.9 Å². The normalized spacial score (nSPS) is 10.4. The predicted molar refractivity (Wildman–Crippen MR) is 87.9 cm³/mol. The summed E-state index contributed by atoms with van der Waals surface area (Å²) in [7, 11) is 0. The summed E-state index contributed by atoms with van der Waals surface area (Å²) >= 11 is 0. The van der Waals surface area contributed by atoms with Gasteiger partial charge in [0.2, 0.25) is 5.88 Å². The topological polar surface area (TPSA) is 91.8 Å². The van der Waals surface area contributed by atoms with E-state index in [0.29, 0.717) is 22.5 Å². The molecule has 0 bridgehead atoms. The van der Waals surface area contributed by atoms with E-state index >= 15 is 0 Å². The Balaban J connectivity index is 2.03. The molecule has 1 aromatic carbocycles. The lowest BCUT2D eigenvalue weighted by molar-refractivity contribution is 0.101. The van der Waals surface area contributed by atoms with E-state index in [2.05, 4.69) is 16.2 Å². The number of carbonyl (C=O) groups excluding carboxylic acids is 1. The summed E-state index contributed by atoms with van der Waals surface area (Å²) < 4.78 is 1.30. The highest BCUT2D eigenvalue weighted by Gasteiger charge is 2.15. The molecule has 0 saturated heterocycles. The maximum absolute atomic E-state index is 11.3. The molecule has 0 amide bonds. The molecule has 6 heteroatoms. The fourth-order valence-corrected chi connectivity index (χ4v) is 2.45. The molecule has 24 heavy (non-hydrogen) atoms. The Morgan fingerprint density at radius 1 is 1.21 bits per heavy atom. The molecule has 2 heterocycles. The van der Waals surface area contributed by atoms with E-state index < -0.39 is 0 Å². The summed E-state index contributed by atoms with van der Waals surface area (Å²) in [6.07, 6.45) is 3.00. The standard InChI is InChI=1S/C18H14N4O2/c1-11-7-13(8-19)3-5-15(11)16-10-21-22(18(16)24)17-6-4-14(9-20-17)12(2)23/h3-7,9-10,24H,1-2H3. The van der Waals surface area contributed by atoms with Crippen molar-refractivity contribution >= 4 is 5.78 Å². The highest BCUT2D eigenvalue weighted by atomic mass is 16.3. The number of Topliss-reactive ketones (excluding diaryl/α,β-unsaturated/α-hetero) is 1. The highest BCUT2D eigenvalue weighted by molar-refractivity contribution is 5.93. The number of aryl methyl sites for hydroxylation is 1. The average molecular weight is 318 g/mol. The van der Waals surface area contributed by atoms with Gasteiger partial charge in [0, 0.05) is 11.8 Å². The number of aromatic hydroxyl groups is 1. The summed E-state index contributed by atoms with van der Waals surface area (Å²) in [6.45, 7) is 3.33. The van der Waals surface area contributed by atoms with Gasteiger partial charge in [-0.05, 0) is 49.2 Å². The van der Waals surface area contributed by atoms with Gasteiger partial charge in [-0.2, -0.15) is 15.0 Å². The summed E-state index contributed by atoms with van der Waals surface area (Å²) in [4.78, 5) is 15.5. The average Bonchev–Trinajstić information content (AvgIpc) is 2.96. The molecule has 0 saturated carbocycles. The van der Waals surface area contributed by atoms with Crippen molar-refractivity contribution in [3.63, 3.8) is 0 Å². The van der Waals surface area contributed by atoms with E-state index in [1.807, 2.05) is 6.92 Å². The van der Waals surface area contributed by atoms with Gasteiger partial charge in [-0.3, -0.25) is 4.79 Å². The minimum atomic E-state index is -0.0763. The van der Waals surface area contributed by atoms with E-state index in [4.69, 9.17) is 5.26 Å². The Bertz CT molecular complexity index is 966. The second kappa shape index (κ2) is 5.97. The van der Waals surface area contributed by atoms with E-state index in [1.165, 1.54) is 17.8 Å². The zero-order valence-electron chi connectivity index (χ0n) is 13.2. The molecule has 6 nitrogen and oxygen atoms in total. The second-order valence-corrected chi connectivity index (χ2v) is 5.40. The first-order chi connectivity index (χ1) is 11.5. The molecule has 0 aliphatic carbocycles. The first-order valence-corrected chi connectivity index (χ1v) is 7.26. The number of carbonyl (C=O) groups is 1. The van der Waals surface area contributed by atoms with E-state index in [1.54, 1.807) is 36.5 Å². The van der Waals surface area contributed by atoms with E-state index in [0.717, 1.165) is 11.1 Å². The van der Waals surface area contributed by atoms with Crippen LogP contribution in [-0.4, -0.2) is 25.7 Å². The zero-order chi connectivity index (χ0) is 17.3. The van der Waals surface area contributed by atoms with Crippen LogP contribution in [0.15, 0.2) is 42.7 Å². The molecule has 118 valence electrons.